The number of aromatic nitrogens is 3. The second-order valence-corrected chi connectivity index (χ2v) is 8.01. The zero-order valence-electron chi connectivity index (χ0n) is 17.7. The van der Waals surface area contributed by atoms with E-state index in [1.54, 1.807) is 18.1 Å². The number of anilines is 2. The highest BCUT2D eigenvalue weighted by Crippen LogP contribution is 2.29. The minimum absolute atomic E-state index is 0.0818. The minimum atomic E-state index is 0.0818. The van der Waals surface area contributed by atoms with Gasteiger partial charge < -0.3 is 19.5 Å². The molecular formula is C23H29N5O2. The van der Waals surface area contributed by atoms with Crippen LogP contribution in [-0.4, -0.2) is 52.3 Å². The molecule has 0 spiro atoms. The first kappa shape index (κ1) is 20.3. The molecule has 7 heteroatoms. The van der Waals surface area contributed by atoms with Gasteiger partial charge in [-0.2, -0.15) is 4.98 Å². The summed E-state index contributed by atoms with van der Waals surface area (Å²) in [5.74, 6) is 1.23. The normalized spacial score (nSPS) is 16.4. The van der Waals surface area contributed by atoms with Gasteiger partial charge in [0.2, 0.25) is 11.9 Å². The Morgan fingerprint density at radius 3 is 2.80 bits per heavy atom. The van der Waals surface area contributed by atoms with Gasteiger partial charge in [0, 0.05) is 39.1 Å². The smallest absolute Gasteiger partial charge is 0.226 e. The highest BCUT2D eigenvalue weighted by Gasteiger charge is 2.27. The van der Waals surface area contributed by atoms with Crippen molar-refractivity contribution in [2.24, 2.45) is 5.92 Å². The fourth-order valence-electron chi connectivity index (χ4n) is 4.02. The van der Waals surface area contributed by atoms with Gasteiger partial charge in [-0.15, -0.1) is 0 Å². The molecule has 3 heterocycles. The third-order valence-electron chi connectivity index (χ3n) is 5.81. The van der Waals surface area contributed by atoms with E-state index in [4.69, 9.17) is 4.98 Å². The van der Waals surface area contributed by atoms with Crippen molar-refractivity contribution in [2.75, 3.05) is 36.5 Å². The van der Waals surface area contributed by atoms with Crippen molar-refractivity contribution in [3.8, 4) is 0 Å². The van der Waals surface area contributed by atoms with Gasteiger partial charge >= 0.3 is 0 Å². The zero-order valence-corrected chi connectivity index (χ0v) is 17.7. The molecule has 7 nitrogen and oxygen atoms in total. The molecule has 0 bridgehead atoms. The van der Waals surface area contributed by atoms with E-state index in [-0.39, 0.29) is 18.4 Å². The van der Waals surface area contributed by atoms with E-state index in [0.29, 0.717) is 18.6 Å². The summed E-state index contributed by atoms with van der Waals surface area (Å²) in [5, 5.41) is 9.56. The SMILES string of the molecule is CCCC(=O)N(C)c1cnc2nc(N3CCC(CO)C3)n(Cc3ccccc3)c2c1. The summed E-state index contributed by atoms with van der Waals surface area (Å²) in [6.07, 6.45) is 4.01. The van der Waals surface area contributed by atoms with Gasteiger partial charge in [0.05, 0.1) is 23.9 Å². The lowest BCUT2D eigenvalue weighted by molar-refractivity contribution is -0.118. The molecule has 1 aromatic carbocycles. The molecule has 1 saturated heterocycles. The molecule has 4 rings (SSSR count). The van der Waals surface area contributed by atoms with E-state index in [9.17, 15) is 9.90 Å². The van der Waals surface area contributed by atoms with Gasteiger partial charge in [0.25, 0.3) is 0 Å². The molecule has 3 aromatic rings. The van der Waals surface area contributed by atoms with Gasteiger partial charge in [-0.3, -0.25) is 4.79 Å². The van der Waals surface area contributed by atoms with Crippen LogP contribution in [0.5, 0.6) is 0 Å². The lowest BCUT2D eigenvalue weighted by Gasteiger charge is -2.20. The summed E-state index contributed by atoms with van der Waals surface area (Å²) in [5.41, 5.74) is 3.54. The Labute approximate surface area is 177 Å². The summed E-state index contributed by atoms with van der Waals surface area (Å²) in [6, 6.07) is 12.3. The van der Waals surface area contributed by atoms with Crippen LogP contribution in [0.4, 0.5) is 11.6 Å². The summed E-state index contributed by atoms with van der Waals surface area (Å²) in [7, 11) is 1.80. The molecule has 2 aromatic heterocycles. The first-order chi connectivity index (χ1) is 14.6. The van der Waals surface area contributed by atoms with Crippen LogP contribution in [-0.2, 0) is 11.3 Å². The van der Waals surface area contributed by atoms with E-state index in [1.165, 1.54) is 5.56 Å². The van der Waals surface area contributed by atoms with Crippen molar-refractivity contribution in [3.05, 3.63) is 48.2 Å². The first-order valence-electron chi connectivity index (χ1n) is 10.6. The number of benzene rings is 1. The van der Waals surface area contributed by atoms with E-state index < -0.39 is 0 Å². The number of rotatable bonds is 7. The maximum absolute atomic E-state index is 12.4. The first-order valence-corrected chi connectivity index (χ1v) is 10.6. The Morgan fingerprint density at radius 2 is 2.10 bits per heavy atom. The van der Waals surface area contributed by atoms with Gasteiger partial charge in [-0.05, 0) is 24.5 Å². The number of imidazole rings is 1. The van der Waals surface area contributed by atoms with Crippen LogP contribution in [0.15, 0.2) is 42.6 Å². The molecule has 1 atom stereocenters. The number of amides is 1. The zero-order chi connectivity index (χ0) is 21.1. The van der Waals surface area contributed by atoms with Crippen LogP contribution in [0.2, 0.25) is 0 Å². The largest absolute Gasteiger partial charge is 0.396 e. The number of fused-ring (bicyclic) bond motifs is 1. The van der Waals surface area contributed by atoms with Gasteiger partial charge in [-0.1, -0.05) is 37.3 Å². The highest BCUT2D eigenvalue weighted by atomic mass is 16.3. The van der Waals surface area contributed by atoms with Gasteiger partial charge in [0.1, 0.15) is 0 Å². The Bertz CT molecular complexity index is 1020. The van der Waals surface area contributed by atoms with E-state index >= 15 is 0 Å². The van der Waals surface area contributed by atoms with Crippen LogP contribution in [0.25, 0.3) is 11.2 Å². The molecule has 1 unspecified atom stereocenters. The Balaban J connectivity index is 1.76. The summed E-state index contributed by atoms with van der Waals surface area (Å²) < 4.78 is 2.18. The molecule has 1 fully saturated rings. The number of pyridine rings is 1. The average molecular weight is 408 g/mol. The number of aliphatic hydroxyl groups excluding tert-OH is 1. The summed E-state index contributed by atoms with van der Waals surface area (Å²) in [6.45, 7) is 4.53. The van der Waals surface area contributed by atoms with Crippen LogP contribution in [0.3, 0.4) is 0 Å². The highest BCUT2D eigenvalue weighted by molar-refractivity contribution is 5.94. The molecule has 1 amide bonds. The Hall–Kier alpha value is -2.93. The Kier molecular flexibility index (Phi) is 5.99. The van der Waals surface area contributed by atoms with Crippen molar-refractivity contribution in [1.29, 1.82) is 0 Å². The molecular weight excluding hydrogens is 378 g/mol. The van der Waals surface area contributed by atoms with Crippen LogP contribution in [0, 0.1) is 5.92 Å². The monoisotopic (exact) mass is 407 g/mol. The molecule has 0 saturated carbocycles. The molecule has 1 aliphatic heterocycles. The quantitative estimate of drug-likeness (QED) is 0.652. The average Bonchev–Trinajstić information content (AvgIpc) is 3.38. The molecule has 0 radical (unpaired) electrons. The number of hydrogen-bond acceptors (Lipinski definition) is 5. The molecule has 30 heavy (non-hydrogen) atoms. The number of nitrogens with zero attached hydrogens (tertiary/aromatic N) is 5. The fourth-order valence-corrected chi connectivity index (χ4v) is 4.02. The van der Waals surface area contributed by atoms with Crippen molar-refractivity contribution in [3.63, 3.8) is 0 Å². The lowest BCUT2D eigenvalue weighted by Crippen LogP contribution is -2.26. The molecule has 1 aliphatic rings. The number of hydrogen-bond donors (Lipinski definition) is 1. The minimum Gasteiger partial charge on any atom is -0.396 e. The second kappa shape index (κ2) is 8.83. The van der Waals surface area contributed by atoms with Crippen LogP contribution in [0.1, 0.15) is 31.7 Å². The maximum Gasteiger partial charge on any atom is 0.226 e. The standard InChI is InChI=1S/C23H29N5O2/c1-3-7-21(30)26(2)19-12-20-22(24-13-19)25-23(27-11-10-18(14-27)16-29)28(20)15-17-8-5-4-6-9-17/h4-6,8-9,12-13,18,29H,3,7,10-11,14-16H2,1-2H3. The lowest BCUT2D eigenvalue weighted by atomic mass is 10.1. The number of aliphatic hydroxyl groups is 1. The topological polar surface area (TPSA) is 74.5 Å². The van der Waals surface area contributed by atoms with Gasteiger partial charge in [0.15, 0.2) is 5.65 Å². The van der Waals surface area contributed by atoms with Crippen molar-refractivity contribution < 1.29 is 9.90 Å². The van der Waals surface area contributed by atoms with E-state index in [1.807, 2.05) is 31.2 Å². The third-order valence-corrected chi connectivity index (χ3v) is 5.81. The Morgan fingerprint density at radius 1 is 1.30 bits per heavy atom. The second-order valence-electron chi connectivity index (χ2n) is 8.01. The molecule has 0 aliphatic carbocycles. The summed E-state index contributed by atoms with van der Waals surface area (Å²) >= 11 is 0. The van der Waals surface area contributed by atoms with E-state index in [2.05, 4.69) is 26.6 Å². The maximum atomic E-state index is 12.4. The predicted molar refractivity (Wildman–Crippen MR) is 119 cm³/mol. The van der Waals surface area contributed by atoms with Crippen molar-refractivity contribution >= 4 is 28.7 Å². The molecule has 158 valence electrons. The predicted octanol–water partition coefficient (Wildman–Crippen LogP) is 3.06. The number of carbonyl (C=O) groups excluding carboxylic acids is 1. The third kappa shape index (κ3) is 4.03. The number of carbonyl (C=O) groups is 1. The van der Waals surface area contributed by atoms with Crippen LogP contribution < -0.4 is 9.80 Å². The molecule has 1 N–H and O–H groups in total. The van der Waals surface area contributed by atoms with E-state index in [0.717, 1.165) is 43.1 Å². The van der Waals surface area contributed by atoms with Crippen molar-refractivity contribution in [2.45, 2.75) is 32.7 Å². The van der Waals surface area contributed by atoms with Crippen LogP contribution >= 0.6 is 0 Å². The fraction of sp³-hybridized carbons (Fsp3) is 0.435. The van der Waals surface area contributed by atoms with Gasteiger partial charge in [-0.25, -0.2) is 4.98 Å². The summed E-state index contributed by atoms with van der Waals surface area (Å²) in [4.78, 5) is 25.7. The van der Waals surface area contributed by atoms with Crippen molar-refractivity contribution in [1.82, 2.24) is 14.5 Å².